The number of piperazine rings is 1. The average molecular weight is 682 g/mol. The summed E-state index contributed by atoms with van der Waals surface area (Å²) in [7, 11) is 0. The topological polar surface area (TPSA) is 119 Å². The van der Waals surface area contributed by atoms with Crippen molar-refractivity contribution in [2.45, 2.75) is 31.6 Å². The van der Waals surface area contributed by atoms with Crippen molar-refractivity contribution in [3.63, 3.8) is 0 Å². The molecule has 1 heterocycles. The van der Waals surface area contributed by atoms with Crippen LogP contribution >= 0.6 is 0 Å². The molecule has 0 spiro atoms. The summed E-state index contributed by atoms with van der Waals surface area (Å²) in [5.41, 5.74) is 3.40. The molecule has 1 aliphatic heterocycles. The average Bonchev–Trinajstić information content (AvgIpc) is 3.00. The lowest BCUT2D eigenvalue weighted by atomic mass is 10.0. The molecule has 47 heavy (non-hydrogen) atoms. The lowest BCUT2D eigenvalue weighted by Crippen LogP contribution is -2.42. The van der Waals surface area contributed by atoms with E-state index >= 15 is 0 Å². The molecule has 0 saturated carbocycles. The number of halogens is 9. The third kappa shape index (κ3) is 13.7. The highest BCUT2D eigenvalue weighted by Crippen LogP contribution is 2.29. The SMILES string of the molecule is O=C(NCc1cccc(-c2cccc(CN3CCNCC3)c2)c1)c1cccc(C(F)(F)F)c1.O=C(O)C(F)(F)F.O=C(O)C(F)(F)F. The van der Waals surface area contributed by atoms with Crippen molar-refractivity contribution in [1.29, 1.82) is 0 Å². The van der Waals surface area contributed by atoms with Crippen molar-refractivity contribution in [2.75, 3.05) is 26.2 Å². The van der Waals surface area contributed by atoms with Gasteiger partial charge in [-0.2, -0.15) is 39.5 Å². The Bertz CT molecular complexity index is 1480. The van der Waals surface area contributed by atoms with Gasteiger partial charge in [0.25, 0.3) is 5.91 Å². The predicted octanol–water partition coefficient (Wildman–Crippen LogP) is 5.97. The van der Waals surface area contributed by atoms with Crippen molar-refractivity contribution in [3.8, 4) is 11.1 Å². The largest absolute Gasteiger partial charge is 0.490 e. The summed E-state index contributed by atoms with van der Waals surface area (Å²) < 4.78 is 102. The molecule has 4 rings (SSSR count). The smallest absolute Gasteiger partial charge is 0.475 e. The molecule has 17 heteroatoms. The maximum Gasteiger partial charge on any atom is 0.490 e. The fourth-order valence-electron chi connectivity index (χ4n) is 3.96. The summed E-state index contributed by atoms with van der Waals surface area (Å²) in [4.78, 5) is 32.6. The zero-order chi connectivity index (χ0) is 35.4. The second-order valence-electron chi connectivity index (χ2n) is 9.79. The van der Waals surface area contributed by atoms with Gasteiger partial charge in [-0.3, -0.25) is 9.69 Å². The van der Waals surface area contributed by atoms with Gasteiger partial charge in [0, 0.05) is 44.8 Å². The van der Waals surface area contributed by atoms with Gasteiger partial charge < -0.3 is 20.8 Å². The van der Waals surface area contributed by atoms with E-state index < -0.39 is 41.9 Å². The summed E-state index contributed by atoms with van der Waals surface area (Å²) >= 11 is 0. The first-order valence-electron chi connectivity index (χ1n) is 13.4. The van der Waals surface area contributed by atoms with Crippen LogP contribution in [0.5, 0.6) is 0 Å². The monoisotopic (exact) mass is 681 g/mol. The fraction of sp³-hybridized carbons (Fsp3) is 0.300. The second kappa shape index (κ2) is 16.8. The van der Waals surface area contributed by atoms with Crippen LogP contribution in [0.3, 0.4) is 0 Å². The summed E-state index contributed by atoms with van der Waals surface area (Å²) in [6, 6.07) is 20.7. The van der Waals surface area contributed by atoms with E-state index in [1.807, 2.05) is 24.3 Å². The standard InChI is InChI=1S/C26H26F3N3O.2C2HF3O2/c27-26(28,29)24-9-3-8-23(16-24)25(33)31-17-19-4-1-6-21(14-19)22-7-2-5-20(15-22)18-32-12-10-30-11-13-32;2*3-2(4,5)1(6)7/h1-9,14-16,30H,10-13,17-18H2,(H,31,33);2*(H,6,7). The van der Waals surface area contributed by atoms with Crippen LogP contribution in [-0.4, -0.2) is 71.5 Å². The third-order valence-corrected chi connectivity index (χ3v) is 6.19. The molecular weight excluding hydrogens is 653 g/mol. The van der Waals surface area contributed by atoms with Crippen LogP contribution in [0.1, 0.15) is 27.0 Å². The van der Waals surface area contributed by atoms with Gasteiger partial charge in [-0.05, 0) is 52.6 Å². The molecule has 0 radical (unpaired) electrons. The quantitative estimate of drug-likeness (QED) is 0.237. The number of carbonyl (C=O) groups is 3. The van der Waals surface area contributed by atoms with Gasteiger partial charge in [0.05, 0.1) is 5.56 Å². The van der Waals surface area contributed by atoms with Crippen LogP contribution in [-0.2, 0) is 28.9 Å². The van der Waals surface area contributed by atoms with E-state index in [1.165, 1.54) is 17.7 Å². The van der Waals surface area contributed by atoms with Crippen molar-refractivity contribution in [1.82, 2.24) is 15.5 Å². The Balaban J connectivity index is 0.000000459. The molecule has 8 nitrogen and oxygen atoms in total. The van der Waals surface area contributed by atoms with Crippen molar-refractivity contribution in [2.24, 2.45) is 0 Å². The highest BCUT2D eigenvalue weighted by molar-refractivity contribution is 5.94. The molecule has 1 saturated heterocycles. The number of aliphatic carboxylic acids is 2. The molecule has 0 aromatic heterocycles. The van der Waals surface area contributed by atoms with Crippen LogP contribution < -0.4 is 10.6 Å². The highest BCUT2D eigenvalue weighted by atomic mass is 19.4. The first kappa shape index (κ1) is 38.5. The van der Waals surface area contributed by atoms with Crippen molar-refractivity contribution in [3.05, 3.63) is 95.1 Å². The number of rotatable bonds is 6. The maximum absolute atomic E-state index is 12.9. The third-order valence-electron chi connectivity index (χ3n) is 6.19. The first-order valence-corrected chi connectivity index (χ1v) is 13.4. The van der Waals surface area contributed by atoms with Gasteiger partial charge in [0.15, 0.2) is 0 Å². The van der Waals surface area contributed by atoms with E-state index in [-0.39, 0.29) is 12.1 Å². The molecule has 3 aromatic carbocycles. The molecule has 1 aliphatic rings. The number of nitrogens with zero attached hydrogens (tertiary/aromatic N) is 1. The molecule has 1 amide bonds. The van der Waals surface area contributed by atoms with Crippen LogP contribution in [0, 0.1) is 0 Å². The molecule has 3 aromatic rings. The molecule has 0 aliphatic carbocycles. The summed E-state index contributed by atoms with van der Waals surface area (Å²) in [6.45, 7) is 5.21. The molecular formula is C30H28F9N3O5. The number of carbonyl (C=O) groups excluding carboxylic acids is 1. The molecule has 0 atom stereocenters. The maximum atomic E-state index is 12.9. The van der Waals surface area contributed by atoms with Crippen LogP contribution in [0.2, 0.25) is 0 Å². The van der Waals surface area contributed by atoms with E-state index in [1.54, 1.807) is 0 Å². The predicted molar refractivity (Wildman–Crippen MR) is 150 cm³/mol. The Morgan fingerprint density at radius 2 is 1.17 bits per heavy atom. The van der Waals surface area contributed by atoms with Crippen LogP contribution in [0.25, 0.3) is 11.1 Å². The number of benzene rings is 3. The van der Waals surface area contributed by atoms with E-state index in [0.717, 1.165) is 61.5 Å². The minimum absolute atomic E-state index is 0.0124. The summed E-state index contributed by atoms with van der Waals surface area (Å²) in [6.07, 6.45) is -14.6. The molecule has 4 N–H and O–H groups in total. The van der Waals surface area contributed by atoms with Gasteiger partial charge in [-0.1, -0.05) is 42.5 Å². The van der Waals surface area contributed by atoms with Crippen LogP contribution in [0.15, 0.2) is 72.8 Å². The number of nitrogens with one attached hydrogen (secondary N) is 2. The van der Waals surface area contributed by atoms with Gasteiger partial charge in [-0.25, -0.2) is 9.59 Å². The van der Waals surface area contributed by atoms with E-state index in [0.29, 0.717) is 0 Å². The normalized spacial score (nSPS) is 13.7. The van der Waals surface area contributed by atoms with E-state index in [9.17, 15) is 44.3 Å². The van der Waals surface area contributed by atoms with Crippen LogP contribution in [0.4, 0.5) is 39.5 Å². The molecule has 1 fully saturated rings. The minimum atomic E-state index is -5.08. The Hall–Kier alpha value is -4.64. The first-order chi connectivity index (χ1) is 21.8. The minimum Gasteiger partial charge on any atom is -0.475 e. The Morgan fingerprint density at radius 3 is 1.66 bits per heavy atom. The fourth-order valence-corrected chi connectivity index (χ4v) is 3.96. The van der Waals surface area contributed by atoms with Crippen molar-refractivity contribution >= 4 is 17.8 Å². The number of amides is 1. The Morgan fingerprint density at radius 1 is 0.702 bits per heavy atom. The number of carboxylic acids is 2. The summed E-state index contributed by atoms with van der Waals surface area (Å²) in [5, 5.41) is 20.3. The van der Waals surface area contributed by atoms with Gasteiger partial charge in [-0.15, -0.1) is 0 Å². The second-order valence-corrected chi connectivity index (χ2v) is 9.79. The number of alkyl halides is 9. The Labute approximate surface area is 261 Å². The zero-order valence-electron chi connectivity index (χ0n) is 24.1. The number of hydrogen-bond donors (Lipinski definition) is 4. The number of carboxylic acid groups (broad SMARTS) is 2. The highest BCUT2D eigenvalue weighted by Gasteiger charge is 2.39. The van der Waals surface area contributed by atoms with Gasteiger partial charge in [0.1, 0.15) is 0 Å². The number of hydrogen-bond acceptors (Lipinski definition) is 5. The molecule has 256 valence electrons. The molecule has 0 unspecified atom stereocenters. The molecule has 0 bridgehead atoms. The van der Waals surface area contributed by atoms with Gasteiger partial charge in [0.2, 0.25) is 0 Å². The lowest BCUT2D eigenvalue weighted by Gasteiger charge is -2.27. The van der Waals surface area contributed by atoms with Gasteiger partial charge >= 0.3 is 30.5 Å². The van der Waals surface area contributed by atoms with E-state index in [2.05, 4.69) is 39.8 Å². The van der Waals surface area contributed by atoms with Crippen molar-refractivity contribution < 1.29 is 64.1 Å². The van der Waals surface area contributed by atoms with E-state index in [4.69, 9.17) is 19.8 Å². The lowest BCUT2D eigenvalue weighted by molar-refractivity contribution is -0.193. The Kier molecular flexibility index (Phi) is 13.8. The zero-order valence-corrected chi connectivity index (χ0v) is 24.1. The summed E-state index contributed by atoms with van der Waals surface area (Å²) in [5.74, 6) is -6.05.